The maximum atomic E-state index is 13.4. The van der Waals surface area contributed by atoms with E-state index in [2.05, 4.69) is 23.2 Å². The van der Waals surface area contributed by atoms with Crippen molar-refractivity contribution in [1.29, 1.82) is 5.26 Å². The largest absolute Gasteiger partial charge is 0.419 e. The van der Waals surface area contributed by atoms with Crippen LogP contribution in [0.15, 0.2) is 52.9 Å². The van der Waals surface area contributed by atoms with Crippen molar-refractivity contribution in [3.63, 3.8) is 0 Å². The molecule has 0 N–H and O–H groups in total. The van der Waals surface area contributed by atoms with Gasteiger partial charge in [0.05, 0.1) is 0 Å². The number of fused-ring (bicyclic) bond motifs is 1. The van der Waals surface area contributed by atoms with Crippen LogP contribution >= 0.6 is 0 Å². The van der Waals surface area contributed by atoms with Crippen LogP contribution in [-0.4, -0.2) is 11.5 Å². The number of hydrogen-bond acceptors (Lipinski definition) is 4. The molecule has 24 heavy (non-hydrogen) atoms. The molecular weight excluding hydrogens is 305 g/mol. The molecule has 4 nitrogen and oxygen atoms in total. The third-order valence-corrected chi connectivity index (χ3v) is 4.20. The maximum absolute atomic E-state index is 13.4. The van der Waals surface area contributed by atoms with Gasteiger partial charge in [0.1, 0.15) is 11.9 Å². The highest BCUT2D eigenvalue weighted by Gasteiger charge is 2.24. The second kappa shape index (κ2) is 5.82. The van der Waals surface area contributed by atoms with Gasteiger partial charge in [0, 0.05) is 18.7 Å². The minimum atomic E-state index is -0.363. The van der Waals surface area contributed by atoms with E-state index in [0.717, 1.165) is 13.0 Å². The first kappa shape index (κ1) is 14.5. The lowest BCUT2D eigenvalue weighted by Crippen LogP contribution is -2.30. The third kappa shape index (κ3) is 2.52. The van der Waals surface area contributed by atoms with Crippen molar-refractivity contribution in [2.45, 2.75) is 13.0 Å². The minimum Gasteiger partial charge on any atom is -0.419 e. The zero-order chi connectivity index (χ0) is 16.5. The van der Waals surface area contributed by atoms with Crippen LogP contribution < -0.4 is 4.90 Å². The molecule has 1 aliphatic heterocycles. The average molecular weight is 319 g/mol. The molecule has 1 aromatic heterocycles. The molecule has 0 spiro atoms. The van der Waals surface area contributed by atoms with Gasteiger partial charge in [-0.05, 0) is 35.7 Å². The van der Waals surface area contributed by atoms with Gasteiger partial charge in [-0.25, -0.2) is 4.39 Å². The fourth-order valence-corrected chi connectivity index (χ4v) is 3.01. The Morgan fingerprint density at radius 2 is 1.96 bits per heavy atom. The van der Waals surface area contributed by atoms with Crippen LogP contribution in [0.3, 0.4) is 0 Å². The number of nitriles is 1. The van der Waals surface area contributed by atoms with Crippen molar-refractivity contribution in [3.8, 4) is 17.5 Å². The molecule has 0 fully saturated rings. The van der Waals surface area contributed by atoms with Gasteiger partial charge in [-0.15, -0.1) is 0 Å². The van der Waals surface area contributed by atoms with Gasteiger partial charge >= 0.3 is 0 Å². The lowest BCUT2D eigenvalue weighted by Gasteiger charge is -2.28. The van der Waals surface area contributed by atoms with Gasteiger partial charge in [-0.1, -0.05) is 30.3 Å². The Labute approximate surface area is 138 Å². The smallest absolute Gasteiger partial charge is 0.235 e. The fraction of sp³-hybridized carbons (Fsp3) is 0.158. The maximum Gasteiger partial charge on any atom is 0.235 e. The van der Waals surface area contributed by atoms with E-state index in [9.17, 15) is 9.65 Å². The van der Waals surface area contributed by atoms with Crippen LogP contribution in [0, 0.1) is 17.1 Å². The van der Waals surface area contributed by atoms with Crippen LogP contribution in [0.2, 0.25) is 0 Å². The summed E-state index contributed by atoms with van der Waals surface area (Å²) in [7, 11) is 0. The first-order valence-corrected chi connectivity index (χ1v) is 7.73. The summed E-state index contributed by atoms with van der Waals surface area (Å²) in [6, 6.07) is 16.3. The topological polar surface area (TPSA) is 53.1 Å². The molecule has 0 bridgehead atoms. The van der Waals surface area contributed by atoms with Crippen molar-refractivity contribution < 1.29 is 8.81 Å². The Balaban J connectivity index is 1.71. The van der Waals surface area contributed by atoms with Crippen molar-refractivity contribution >= 4 is 5.88 Å². The van der Waals surface area contributed by atoms with E-state index in [1.807, 2.05) is 17.0 Å². The molecule has 0 atom stereocenters. The molecule has 4 rings (SSSR count). The summed E-state index contributed by atoms with van der Waals surface area (Å²) >= 11 is 0. The summed E-state index contributed by atoms with van der Waals surface area (Å²) in [5.74, 6) is 0.351. The normalized spacial score (nSPS) is 13.4. The van der Waals surface area contributed by atoms with Gasteiger partial charge in [-0.2, -0.15) is 10.2 Å². The SMILES string of the molecule is N#Cc1nc(-c2cccc(F)c2)oc1N1CCc2ccccc2C1. The molecule has 5 heteroatoms. The summed E-state index contributed by atoms with van der Waals surface area (Å²) < 4.78 is 19.2. The number of benzene rings is 2. The average Bonchev–Trinajstić information content (AvgIpc) is 3.06. The number of oxazole rings is 1. The predicted octanol–water partition coefficient (Wildman–Crippen LogP) is 3.92. The van der Waals surface area contributed by atoms with Crippen molar-refractivity contribution in [3.05, 3.63) is 71.2 Å². The molecule has 0 aliphatic carbocycles. The van der Waals surface area contributed by atoms with Gasteiger partial charge in [-0.3, -0.25) is 0 Å². The number of anilines is 1. The van der Waals surface area contributed by atoms with Gasteiger partial charge in [0.25, 0.3) is 0 Å². The second-order valence-corrected chi connectivity index (χ2v) is 5.74. The van der Waals surface area contributed by atoms with E-state index in [-0.39, 0.29) is 17.4 Å². The van der Waals surface area contributed by atoms with Crippen LogP contribution in [0.4, 0.5) is 10.3 Å². The third-order valence-electron chi connectivity index (χ3n) is 4.20. The summed E-state index contributed by atoms with van der Waals surface area (Å²) in [4.78, 5) is 6.25. The number of nitrogens with zero attached hydrogens (tertiary/aromatic N) is 3. The van der Waals surface area contributed by atoms with E-state index in [1.54, 1.807) is 12.1 Å². The quantitative estimate of drug-likeness (QED) is 0.718. The van der Waals surface area contributed by atoms with E-state index in [0.29, 0.717) is 18.0 Å². The van der Waals surface area contributed by atoms with Gasteiger partial charge in [0.15, 0.2) is 0 Å². The lowest BCUT2D eigenvalue weighted by atomic mass is 10.00. The van der Waals surface area contributed by atoms with E-state index in [1.165, 1.54) is 23.3 Å². The number of halogens is 1. The Hall–Kier alpha value is -3.13. The number of rotatable bonds is 2. The highest BCUT2D eigenvalue weighted by molar-refractivity contribution is 5.60. The first-order valence-electron chi connectivity index (χ1n) is 7.73. The van der Waals surface area contributed by atoms with Crippen molar-refractivity contribution in [2.24, 2.45) is 0 Å². The monoisotopic (exact) mass is 319 g/mol. The molecule has 1 aliphatic rings. The highest BCUT2D eigenvalue weighted by atomic mass is 19.1. The molecule has 0 unspecified atom stereocenters. The molecule has 0 saturated heterocycles. The molecule has 2 heterocycles. The fourth-order valence-electron chi connectivity index (χ4n) is 3.01. The number of hydrogen-bond donors (Lipinski definition) is 0. The Kier molecular flexibility index (Phi) is 3.51. The molecule has 0 amide bonds. The molecule has 118 valence electrons. The zero-order valence-corrected chi connectivity index (χ0v) is 12.9. The van der Waals surface area contributed by atoms with Crippen LogP contribution in [0.5, 0.6) is 0 Å². The molecule has 0 radical (unpaired) electrons. The van der Waals surface area contributed by atoms with Crippen molar-refractivity contribution in [2.75, 3.05) is 11.4 Å². The molecular formula is C19H14FN3O. The Bertz CT molecular complexity index is 942. The number of aromatic nitrogens is 1. The van der Waals surface area contributed by atoms with Gasteiger partial charge in [0.2, 0.25) is 17.5 Å². The zero-order valence-electron chi connectivity index (χ0n) is 12.9. The summed E-state index contributed by atoms with van der Waals surface area (Å²) in [6.45, 7) is 1.42. The Morgan fingerprint density at radius 3 is 2.75 bits per heavy atom. The summed E-state index contributed by atoms with van der Waals surface area (Å²) in [5, 5.41) is 9.39. The highest BCUT2D eigenvalue weighted by Crippen LogP contribution is 2.31. The molecule has 0 saturated carbocycles. The van der Waals surface area contributed by atoms with Crippen LogP contribution in [-0.2, 0) is 13.0 Å². The van der Waals surface area contributed by atoms with Crippen LogP contribution in [0.1, 0.15) is 16.8 Å². The standard InChI is InChI=1S/C19H14FN3O/c20-16-7-3-6-14(10-16)18-22-17(11-21)19(24-18)23-9-8-13-4-1-2-5-15(13)12-23/h1-7,10H,8-9,12H2. The van der Waals surface area contributed by atoms with Crippen LogP contribution in [0.25, 0.3) is 11.5 Å². The lowest BCUT2D eigenvalue weighted by molar-refractivity contribution is 0.539. The molecule has 2 aromatic carbocycles. The summed E-state index contributed by atoms with van der Waals surface area (Å²) in [6.07, 6.45) is 0.886. The van der Waals surface area contributed by atoms with E-state index < -0.39 is 0 Å². The predicted molar refractivity (Wildman–Crippen MR) is 87.8 cm³/mol. The summed E-state index contributed by atoms with van der Waals surface area (Å²) in [5.41, 5.74) is 3.29. The minimum absolute atomic E-state index is 0.230. The second-order valence-electron chi connectivity index (χ2n) is 5.74. The van der Waals surface area contributed by atoms with E-state index >= 15 is 0 Å². The van der Waals surface area contributed by atoms with E-state index in [4.69, 9.17) is 4.42 Å². The Morgan fingerprint density at radius 1 is 1.12 bits per heavy atom. The van der Waals surface area contributed by atoms with Crippen molar-refractivity contribution in [1.82, 2.24) is 4.98 Å². The van der Waals surface area contributed by atoms with Gasteiger partial charge < -0.3 is 9.32 Å². The molecule has 3 aromatic rings. The first-order chi connectivity index (χ1) is 11.7.